The molecule has 0 saturated heterocycles. The topological polar surface area (TPSA) is 29.5 Å². The van der Waals surface area contributed by atoms with E-state index < -0.39 is 0 Å². The third-order valence-electron chi connectivity index (χ3n) is 2.82. The van der Waals surface area contributed by atoms with Gasteiger partial charge in [0.1, 0.15) is 11.5 Å². The summed E-state index contributed by atoms with van der Waals surface area (Å²) in [5.74, 6) is 1.03. The Bertz CT molecular complexity index is 363. The second-order valence-corrected chi connectivity index (χ2v) is 4.05. The van der Waals surface area contributed by atoms with Gasteiger partial charge in [-0.05, 0) is 38.6 Å². The molecule has 3 nitrogen and oxygen atoms in total. The van der Waals surface area contributed by atoms with E-state index in [4.69, 9.17) is 4.74 Å². The quantitative estimate of drug-likeness (QED) is 0.762. The minimum absolute atomic E-state index is 0.0498. The Kier molecular flexibility index (Phi) is 4.50. The normalized spacial score (nSPS) is 12.6. The molecule has 0 aliphatic rings. The molecule has 1 atom stereocenters. The lowest BCUT2D eigenvalue weighted by Crippen LogP contribution is -2.33. The summed E-state index contributed by atoms with van der Waals surface area (Å²) in [5.41, 5.74) is 1.15. The number of rotatable bonds is 5. The van der Waals surface area contributed by atoms with Gasteiger partial charge in [-0.3, -0.25) is 9.69 Å². The molecule has 0 heterocycles. The fourth-order valence-corrected chi connectivity index (χ4v) is 1.51. The largest absolute Gasteiger partial charge is 0.497 e. The van der Waals surface area contributed by atoms with E-state index in [0.717, 1.165) is 17.9 Å². The second kappa shape index (κ2) is 5.66. The van der Waals surface area contributed by atoms with Gasteiger partial charge in [-0.25, -0.2) is 0 Å². The average molecular weight is 221 g/mol. The van der Waals surface area contributed by atoms with Crippen LogP contribution in [0.1, 0.15) is 19.4 Å². The van der Waals surface area contributed by atoms with Crippen LogP contribution in [0.2, 0.25) is 0 Å². The van der Waals surface area contributed by atoms with Gasteiger partial charge in [-0.2, -0.15) is 0 Å². The number of Topliss-reactive ketones (excluding diaryl/α,β-unsaturated/α-hetero) is 1. The van der Waals surface area contributed by atoms with Crippen LogP contribution < -0.4 is 4.74 Å². The van der Waals surface area contributed by atoms with E-state index in [1.165, 1.54) is 0 Å². The van der Waals surface area contributed by atoms with Gasteiger partial charge < -0.3 is 4.74 Å². The predicted molar refractivity (Wildman–Crippen MR) is 64.6 cm³/mol. The van der Waals surface area contributed by atoms with Crippen molar-refractivity contribution in [2.75, 3.05) is 14.2 Å². The molecule has 0 aliphatic heterocycles. The maximum atomic E-state index is 11.2. The first-order valence-electron chi connectivity index (χ1n) is 5.38. The molecular formula is C13H19NO2. The number of ether oxygens (including phenoxy) is 1. The number of hydrogen-bond donors (Lipinski definition) is 0. The van der Waals surface area contributed by atoms with E-state index in [2.05, 4.69) is 0 Å². The SMILES string of the molecule is COc1cccc(CN(C)C(C)C(C)=O)c1. The number of carbonyl (C=O) groups excluding carboxylic acids is 1. The lowest BCUT2D eigenvalue weighted by atomic mass is 10.1. The van der Waals surface area contributed by atoms with Crippen LogP contribution >= 0.6 is 0 Å². The Morgan fingerprint density at radius 3 is 2.75 bits per heavy atom. The van der Waals surface area contributed by atoms with Crippen molar-refractivity contribution >= 4 is 5.78 Å². The molecule has 0 N–H and O–H groups in total. The Balaban J connectivity index is 2.68. The molecule has 1 rings (SSSR count). The third-order valence-corrected chi connectivity index (χ3v) is 2.82. The fourth-order valence-electron chi connectivity index (χ4n) is 1.51. The number of carbonyl (C=O) groups is 1. The molecule has 0 fully saturated rings. The van der Waals surface area contributed by atoms with Crippen LogP contribution in [0.5, 0.6) is 5.75 Å². The zero-order chi connectivity index (χ0) is 12.1. The van der Waals surface area contributed by atoms with E-state index in [1.54, 1.807) is 14.0 Å². The van der Waals surface area contributed by atoms with Gasteiger partial charge in [0.25, 0.3) is 0 Å². The summed E-state index contributed by atoms with van der Waals surface area (Å²) in [5, 5.41) is 0. The van der Waals surface area contributed by atoms with Crippen LogP contribution in [0.4, 0.5) is 0 Å². The molecule has 0 aromatic heterocycles. The number of likely N-dealkylation sites (N-methyl/N-ethyl adjacent to an activating group) is 1. The van der Waals surface area contributed by atoms with Crippen molar-refractivity contribution in [3.63, 3.8) is 0 Å². The summed E-state index contributed by atoms with van der Waals surface area (Å²) < 4.78 is 5.16. The Hall–Kier alpha value is -1.35. The molecule has 0 aliphatic carbocycles. The number of ketones is 1. The van der Waals surface area contributed by atoms with Gasteiger partial charge in [0.05, 0.1) is 13.2 Å². The highest BCUT2D eigenvalue weighted by Gasteiger charge is 2.13. The van der Waals surface area contributed by atoms with Crippen molar-refractivity contribution in [1.29, 1.82) is 0 Å². The van der Waals surface area contributed by atoms with Gasteiger partial charge in [-0.15, -0.1) is 0 Å². The zero-order valence-electron chi connectivity index (χ0n) is 10.4. The van der Waals surface area contributed by atoms with E-state index in [0.29, 0.717) is 0 Å². The van der Waals surface area contributed by atoms with E-state index in [-0.39, 0.29) is 11.8 Å². The molecule has 16 heavy (non-hydrogen) atoms. The minimum Gasteiger partial charge on any atom is -0.497 e. The van der Waals surface area contributed by atoms with Crippen molar-refractivity contribution < 1.29 is 9.53 Å². The van der Waals surface area contributed by atoms with Crippen LogP contribution in [0.3, 0.4) is 0 Å². The molecule has 1 unspecified atom stereocenters. The lowest BCUT2D eigenvalue weighted by Gasteiger charge is -2.22. The standard InChI is InChI=1S/C13H19NO2/c1-10(11(2)15)14(3)9-12-6-5-7-13(8-12)16-4/h5-8,10H,9H2,1-4H3. The van der Waals surface area contributed by atoms with Crippen molar-refractivity contribution in [3.05, 3.63) is 29.8 Å². The lowest BCUT2D eigenvalue weighted by molar-refractivity contribution is -0.121. The predicted octanol–water partition coefficient (Wildman–Crippen LogP) is 2.10. The van der Waals surface area contributed by atoms with Crippen molar-refractivity contribution in [1.82, 2.24) is 4.90 Å². The first-order chi connectivity index (χ1) is 7.54. The van der Waals surface area contributed by atoms with Crippen LogP contribution in [0.25, 0.3) is 0 Å². The molecule has 0 radical (unpaired) electrons. The highest BCUT2D eigenvalue weighted by atomic mass is 16.5. The maximum Gasteiger partial charge on any atom is 0.146 e. The van der Waals surface area contributed by atoms with E-state index in [9.17, 15) is 4.79 Å². The Morgan fingerprint density at radius 1 is 1.50 bits per heavy atom. The molecule has 0 spiro atoms. The summed E-state index contributed by atoms with van der Waals surface area (Å²) in [4.78, 5) is 13.3. The van der Waals surface area contributed by atoms with Crippen LogP contribution in [0, 0.1) is 0 Å². The van der Waals surface area contributed by atoms with Crippen molar-refractivity contribution in [3.8, 4) is 5.75 Å². The smallest absolute Gasteiger partial charge is 0.146 e. The van der Waals surface area contributed by atoms with Crippen molar-refractivity contribution in [2.45, 2.75) is 26.4 Å². The average Bonchev–Trinajstić information content (AvgIpc) is 2.28. The number of methoxy groups -OCH3 is 1. The molecule has 88 valence electrons. The summed E-state index contributed by atoms with van der Waals surface area (Å²) in [7, 11) is 3.60. The Labute approximate surface area is 97.0 Å². The van der Waals surface area contributed by atoms with Crippen molar-refractivity contribution in [2.24, 2.45) is 0 Å². The highest BCUT2D eigenvalue weighted by Crippen LogP contribution is 2.14. The minimum atomic E-state index is -0.0498. The second-order valence-electron chi connectivity index (χ2n) is 4.05. The summed E-state index contributed by atoms with van der Waals surface area (Å²) in [6, 6.07) is 7.85. The maximum absolute atomic E-state index is 11.2. The summed E-state index contributed by atoms with van der Waals surface area (Å²) >= 11 is 0. The molecule has 1 aromatic rings. The molecule has 0 amide bonds. The van der Waals surface area contributed by atoms with Gasteiger partial charge >= 0.3 is 0 Å². The summed E-state index contributed by atoms with van der Waals surface area (Å²) in [6.45, 7) is 4.28. The first kappa shape index (κ1) is 12.7. The van der Waals surface area contributed by atoms with Gasteiger partial charge in [0, 0.05) is 6.54 Å². The molecule has 0 saturated carbocycles. The monoisotopic (exact) mass is 221 g/mol. The fraction of sp³-hybridized carbons (Fsp3) is 0.462. The number of nitrogens with zero attached hydrogens (tertiary/aromatic N) is 1. The van der Waals surface area contributed by atoms with Gasteiger partial charge in [0.2, 0.25) is 0 Å². The number of hydrogen-bond acceptors (Lipinski definition) is 3. The molecule has 1 aromatic carbocycles. The highest BCUT2D eigenvalue weighted by molar-refractivity contribution is 5.80. The first-order valence-corrected chi connectivity index (χ1v) is 5.38. The van der Waals surface area contributed by atoms with Crippen LogP contribution in [0.15, 0.2) is 24.3 Å². The van der Waals surface area contributed by atoms with E-state index >= 15 is 0 Å². The van der Waals surface area contributed by atoms with Gasteiger partial charge in [0.15, 0.2) is 0 Å². The summed E-state index contributed by atoms with van der Waals surface area (Å²) in [6.07, 6.45) is 0. The van der Waals surface area contributed by atoms with E-state index in [1.807, 2.05) is 43.1 Å². The zero-order valence-corrected chi connectivity index (χ0v) is 10.4. The molecular weight excluding hydrogens is 202 g/mol. The van der Waals surface area contributed by atoms with Crippen LogP contribution in [-0.2, 0) is 11.3 Å². The van der Waals surface area contributed by atoms with Crippen LogP contribution in [-0.4, -0.2) is 30.9 Å². The Morgan fingerprint density at radius 2 is 2.19 bits per heavy atom. The molecule has 3 heteroatoms. The van der Waals surface area contributed by atoms with Gasteiger partial charge in [-0.1, -0.05) is 12.1 Å². The number of benzene rings is 1. The molecule has 0 bridgehead atoms. The third kappa shape index (κ3) is 3.35.